The summed E-state index contributed by atoms with van der Waals surface area (Å²) in [5.41, 5.74) is 8.32. The van der Waals surface area contributed by atoms with Crippen molar-refractivity contribution in [3.63, 3.8) is 0 Å². The molecule has 45 heavy (non-hydrogen) atoms. The van der Waals surface area contributed by atoms with Crippen LogP contribution in [0.25, 0.3) is 24.3 Å². The fourth-order valence-corrected chi connectivity index (χ4v) is 6.15. The molecule has 0 fully saturated rings. The van der Waals surface area contributed by atoms with Gasteiger partial charge in [-0.3, -0.25) is 9.59 Å². The molecule has 4 aromatic heterocycles. The van der Waals surface area contributed by atoms with E-state index in [1.165, 1.54) is 0 Å². The molecule has 8 bridgehead atoms. The predicted octanol–water partition coefficient (Wildman–Crippen LogP) is 0.516. The van der Waals surface area contributed by atoms with Crippen LogP contribution in [-0.4, -0.2) is 32.4 Å². The minimum absolute atomic E-state index is 0. The minimum Gasteiger partial charge on any atom is -0.657 e. The Labute approximate surface area is 270 Å². The number of nitrogens with zero attached hydrogens (tertiary/aromatic N) is 4. The maximum atomic E-state index is 11.5. The topological polar surface area (TPSA) is 171 Å². The summed E-state index contributed by atoms with van der Waals surface area (Å²) in [6, 6.07) is 0. The smallest absolute Gasteiger partial charge is 0.303 e. The van der Waals surface area contributed by atoms with Crippen molar-refractivity contribution in [3.8, 4) is 0 Å². The molecule has 1 aliphatic heterocycles. The molecule has 11 heteroatoms. The van der Waals surface area contributed by atoms with Crippen LogP contribution in [0.4, 0.5) is 0 Å². The number of aliphatic hydroxyl groups excluding tert-OH is 2. The van der Waals surface area contributed by atoms with E-state index in [2.05, 4.69) is 0 Å². The molecule has 0 aliphatic carbocycles. The van der Waals surface area contributed by atoms with Crippen LogP contribution in [0.15, 0.2) is 0 Å². The molecule has 0 saturated carbocycles. The first-order valence-corrected chi connectivity index (χ1v) is 14.6. The van der Waals surface area contributed by atoms with Gasteiger partial charge in [0.25, 0.3) is 0 Å². The molecule has 0 amide bonds. The molecule has 2 atom stereocenters. The molecule has 0 spiro atoms. The molecule has 1 aliphatic rings. The van der Waals surface area contributed by atoms with Gasteiger partial charge < -0.3 is 40.4 Å². The maximum absolute atomic E-state index is 11.5. The molecule has 4 aromatic rings. The van der Waals surface area contributed by atoms with E-state index in [0.717, 1.165) is 33.4 Å². The quantitative estimate of drug-likeness (QED) is 0.172. The number of hydrogen-bond donors (Lipinski definition) is 4. The molecule has 5 heterocycles. The van der Waals surface area contributed by atoms with Crippen LogP contribution in [0.2, 0.25) is 0 Å². The van der Waals surface area contributed by atoms with Crippen LogP contribution in [-0.2, 0) is 39.5 Å². The Morgan fingerprint density at radius 1 is 0.578 bits per heavy atom. The summed E-state index contributed by atoms with van der Waals surface area (Å²) in [6.07, 6.45) is 5.93. The number of carbonyl (C=O) groups is 2. The Hall–Kier alpha value is -4.02. The van der Waals surface area contributed by atoms with E-state index in [0.29, 0.717) is 55.3 Å². The first-order valence-electron chi connectivity index (χ1n) is 14.6. The summed E-state index contributed by atoms with van der Waals surface area (Å²) in [5, 5.41) is 42.7. The zero-order chi connectivity index (χ0) is 32.0. The van der Waals surface area contributed by atoms with Crippen molar-refractivity contribution in [3.05, 3.63) is 88.7 Å². The summed E-state index contributed by atoms with van der Waals surface area (Å²) in [7, 11) is 0. The predicted molar refractivity (Wildman–Crippen MR) is 164 cm³/mol. The first-order chi connectivity index (χ1) is 20.8. The third-order valence-corrected chi connectivity index (χ3v) is 8.49. The Morgan fingerprint density at radius 3 is 1.64 bits per heavy atom. The summed E-state index contributed by atoms with van der Waals surface area (Å²) in [5.74, 6) is -1.86. The van der Waals surface area contributed by atoms with E-state index in [1.807, 2.05) is 39.8 Å². The van der Waals surface area contributed by atoms with Crippen molar-refractivity contribution in [2.75, 3.05) is 0 Å². The third kappa shape index (κ3) is 6.53. The largest absolute Gasteiger partial charge is 0.657 e. The van der Waals surface area contributed by atoms with Gasteiger partial charge in [0.05, 0.1) is 12.2 Å². The van der Waals surface area contributed by atoms with Gasteiger partial charge in [0.2, 0.25) is 0 Å². The second kappa shape index (κ2) is 13.1. The maximum Gasteiger partial charge on any atom is 0.303 e. The van der Waals surface area contributed by atoms with Gasteiger partial charge in [-0.05, 0) is 65.5 Å². The summed E-state index contributed by atoms with van der Waals surface area (Å²) >= 11 is 0. The van der Waals surface area contributed by atoms with E-state index in [9.17, 15) is 30.0 Å². The van der Waals surface area contributed by atoms with Gasteiger partial charge in [0.15, 0.2) is 0 Å². The van der Waals surface area contributed by atoms with Gasteiger partial charge in [0, 0.05) is 29.9 Å². The van der Waals surface area contributed by atoms with E-state index in [-0.39, 0.29) is 42.8 Å². The van der Waals surface area contributed by atoms with E-state index in [4.69, 9.17) is 19.9 Å². The van der Waals surface area contributed by atoms with E-state index < -0.39 is 24.1 Å². The SMILES string of the molecule is Cc1c2[n-]c(c1CCC(=O)O)/C=c1\[n-]/c(c(C)c1CCC(=O)O)=C\c1[n-]c(c(C(C)O)c1C)/C=c1\[n-]/c(c(C(C)O)c1C)=C\2.[Cu]. The van der Waals surface area contributed by atoms with Gasteiger partial charge in [-0.1, -0.05) is 57.7 Å². The number of carboxylic acid groups (broad SMARTS) is 2. The number of hydrogen-bond acceptors (Lipinski definition) is 4. The summed E-state index contributed by atoms with van der Waals surface area (Å²) in [6.45, 7) is 10.9. The van der Waals surface area contributed by atoms with Gasteiger partial charge in [-0.25, -0.2) is 0 Å². The van der Waals surface area contributed by atoms with Gasteiger partial charge in [0.1, 0.15) is 0 Å². The van der Waals surface area contributed by atoms with E-state index in [1.54, 1.807) is 26.0 Å². The van der Waals surface area contributed by atoms with Gasteiger partial charge in [-0.15, -0.1) is 44.2 Å². The average molecular weight is 660 g/mol. The minimum atomic E-state index is -0.931. The Kier molecular flexibility index (Phi) is 9.89. The molecule has 0 aromatic carbocycles. The van der Waals surface area contributed by atoms with Gasteiger partial charge >= 0.3 is 11.9 Å². The molecular weight excluding hydrogens is 624 g/mol. The number of fused-ring (bicyclic) bond motifs is 8. The molecule has 243 valence electrons. The van der Waals surface area contributed by atoms with Crippen molar-refractivity contribution in [2.24, 2.45) is 0 Å². The zero-order valence-electron chi connectivity index (χ0n) is 26.0. The molecule has 2 unspecified atom stereocenters. The number of carboxylic acids is 2. The number of aliphatic hydroxyl groups is 2. The standard InChI is InChI=1S/C34H36N4O6.Cu/c1-15-21(7-9-31(41)42)27-14-28-22(8-10-32(43)44)16(2)24(36-28)12-29-34(20(6)40)18(4)26(38-29)13-30-33(19(5)39)17(3)25(37-30)11-23(15)35-27;/h11-14,19-20,39-40H,7-10H2,1-6H3,(H,41,42)(H,43,44);/q-4;/b23-11-,24-12?,25-11?,26-13-,27-14-,28-14?,29-12-,30-13?;. The molecule has 0 saturated heterocycles. The molecular formula is C34H36CuN4O6-4. The molecule has 10 nitrogen and oxygen atoms in total. The Morgan fingerprint density at radius 2 is 1.04 bits per heavy atom. The zero-order valence-corrected chi connectivity index (χ0v) is 26.9. The molecule has 4 N–H and O–H groups in total. The number of aliphatic carboxylic acids is 2. The number of aromatic nitrogens is 4. The fraction of sp³-hybridized carbons (Fsp3) is 0.353. The normalized spacial score (nSPS) is 16.5. The molecule has 1 radical (unpaired) electrons. The second-order valence-electron chi connectivity index (χ2n) is 11.5. The van der Waals surface area contributed by atoms with E-state index >= 15 is 0 Å². The summed E-state index contributed by atoms with van der Waals surface area (Å²) in [4.78, 5) is 42.6. The van der Waals surface area contributed by atoms with Crippen molar-refractivity contribution >= 4 is 36.2 Å². The van der Waals surface area contributed by atoms with Crippen molar-refractivity contribution in [1.29, 1.82) is 0 Å². The van der Waals surface area contributed by atoms with Crippen LogP contribution in [0.1, 0.15) is 106 Å². The van der Waals surface area contributed by atoms with Crippen LogP contribution in [0.3, 0.4) is 0 Å². The third-order valence-electron chi connectivity index (χ3n) is 8.49. The van der Waals surface area contributed by atoms with Crippen LogP contribution in [0.5, 0.6) is 0 Å². The number of rotatable bonds is 8. The van der Waals surface area contributed by atoms with Crippen molar-refractivity contribution in [2.45, 2.75) is 79.4 Å². The Bertz CT molecular complexity index is 2040. The van der Waals surface area contributed by atoms with Crippen molar-refractivity contribution < 1.29 is 47.1 Å². The molecule has 5 rings (SSSR count). The van der Waals surface area contributed by atoms with Gasteiger partial charge in [-0.2, -0.15) is 0 Å². The van der Waals surface area contributed by atoms with Crippen LogP contribution in [0, 0.1) is 27.7 Å². The monoisotopic (exact) mass is 659 g/mol. The van der Waals surface area contributed by atoms with Crippen molar-refractivity contribution in [1.82, 2.24) is 19.9 Å². The second-order valence-corrected chi connectivity index (χ2v) is 11.5. The fourth-order valence-electron chi connectivity index (χ4n) is 6.15. The first kappa shape index (κ1) is 33.9. The average Bonchev–Trinajstić information content (AvgIpc) is 3.59. The van der Waals surface area contributed by atoms with Crippen LogP contribution >= 0.6 is 0 Å². The Balaban J connectivity index is 0.00000461. The summed E-state index contributed by atoms with van der Waals surface area (Å²) < 4.78 is 0. The van der Waals surface area contributed by atoms with Crippen LogP contribution < -0.4 is 41.3 Å².